The zero-order valence-electron chi connectivity index (χ0n) is 14.7. The number of unbranched alkanes of at least 4 members (excludes halogenated alkanes) is 1. The Bertz CT molecular complexity index is 635. The van der Waals surface area contributed by atoms with Gasteiger partial charge in [0.05, 0.1) is 21.9 Å². The second kappa shape index (κ2) is 7.33. The van der Waals surface area contributed by atoms with E-state index in [-0.39, 0.29) is 21.0 Å². The van der Waals surface area contributed by atoms with Crippen LogP contribution in [0, 0.1) is 0 Å². The summed E-state index contributed by atoms with van der Waals surface area (Å²) < 4.78 is 0. The molecule has 4 heteroatoms. The first-order valence-electron chi connectivity index (χ1n) is 8.06. The van der Waals surface area contributed by atoms with Gasteiger partial charge >= 0.3 is 0 Å². The molecule has 0 radical (unpaired) electrons. The Kier molecular flexibility index (Phi) is 5.92. The summed E-state index contributed by atoms with van der Waals surface area (Å²) in [6.45, 7) is 14.0. The molecule has 120 valence electrons. The van der Waals surface area contributed by atoms with E-state index in [4.69, 9.17) is 9.97 Å². The van der Waals surface area contributed by atoms with Gasteiger partial charge in [0.1, 0.15) is 0 Å². The molecule has 0 aliphatic rings. The number of nitrogens with zero attached hydrogens (tertiary/aromatic N) is 2. The van der Waals surface area contributed by atoms with Crippen molar-refractivity contribution in [2.75, 3.05) is 19.5 Å². The second-order valence-electron chi connectivity index (χ2n) is 6.86. The minimum absolute atomic E-state index is 0.213. The summed E-state index contributed by atoms with van der Waals surface area (Å²) >= 11 is 0. The number of rotatable bonds is 5. The van der Waals surface area contributed by atoms with Crippen LogP contribution in [-0.4, -0.2) is 34.6 Å². The smallest absolute Gasteiger partial charge is 0.0899 e. The van der Waals surface area contributed by atoms with Crippen LogP contribution >= 0.6 is 15.8 Å². The van der Waals surface area contributed by atoms with Crippen LogP contribution in [-0.2, 0) is 0 Å². The lowest BCUT2D eigenvalue weighted by Crippen LogP contribution is -2.33. The van der Waals surface area contributed by atoms with Crippen LogP contribution in [0.1, 0.15) is 40.5 Å². The summed E-state index contributed by atoms with van der Waals surface area (Å²) in [7, 11) is -0.528. The third-order valence-corrected chi connectivity index (χ3v) is 9.23. The Hall–Kier alpha value is -0.580. The lowest BCUT2D eigenvalue weighted by Gasteiger charge is -2.30. The number of hydrogen-bond acceptors (Lipinski definition) is 2. The number of para-hydroxylation sites is 2. The lowest BCUT2D eigenvalue weighted by atomic mass is 10.3. The zero-order valence-corrected chi connectivity index (χ0v) is 16.5. The van der Waals surface area contributed by atoms with Crippen LogP contribution in [0.25, 0.3) is 11.0 Å². The van der Waals surface area contributed by atoms with Crippen molar-refractivity contribution in [2.24, 2.45) is 0 Å². The summed E-state index contributed by atoms with van der Waals surface area (Å²) in [5.74, 6) is 0. The molecule has 0 bridgehead atoms. The van der Waals surface area contributed by atoms with Crippen LogP contribution in [0.3, 0.4) is 0 Å². The standard InChI is InChI=1S/C18H28N2P2/c1-7-8-13-21(5)16-17(22(6)18(2,3)4)20-15-12-10-9-11-14(15)19-16/h9-12H,7-8,13H2,1-6H3. The van der Waals surface area contributed by atoms with E-state index >= 15 is 0 Å². The molecule has 1 aromatic carbocycles. The number of fused-ring (bicyclic) bond motifs is 1. The van der Waals surface area contributed by atoms with Gasteiger partial charge in [0.15, 0.2) is 0 Å². The van der Waals surface area contributed by atoms with E-state index in [1.807, 2.05) is 0 Å². The minimum Gasteiger partial charge on any atom is -0.244 e. The first-order chi connectivity index (χ1) is 10.3. The zero-order chi connectivity index (χ0) is 16.3. The molecule has 0 spiro atoms. The summed E-state index contributed by atoms with van der Waals surface area (Å²) in [6, 6.07) is 8.29. The van der Waals surface area contributed by atoms with Gasteiger partial charge in [-0.2, -0.15) is 0 Å². The molecule has 2 rings (SSSR count). The molecular formula is C18H28N2P2. The van der Waals surface area contributed by atoms with Crippen molar-refractivity contribution in [3.63, 3.8) is 0 Å². The summed E-state index contributed by atoms with van der Waals surface area (Å²) in [5.41, 5.74) is 4.67. The van der Waals surface area contributed by atoms with E-state index < -0.39 is 0 Å². The first-order valence-corrected chi connectivity index (χ1v) is 11.8. The maximum atomic E-state index is 5.05. The molecule has 1 heterocycles. The fraction of sp³-hybridized carbons (Fsp3) is 0.556. The maximum Gasteiger partial charge on any atom is 0.0899 e. The molecule has 22 heavy (non-hydrogen) atoms. The highest BCUT2D eigenvalue weighted by Gasteiger charge is 2.27. The van der Waals surface area contributed by atoms with E-state index in [2.05, 4.69) is 65.3 Å². The third kappa shape index (κ3) is 4.03. The number of hydrogen-bond donors (Lipinski definition) is 0. The molecular weight excluding hydrogens is 306 g/mol. The highest BCUT2D eigenvalue weighted by molar-refractivity contribution is 7.71. The molecule has 2 aromatic rings. The molecule has 0 aliphatic carbocycles. The van der Waals surface area contributed by atoms with Gasteiger partial charge in [0.25, 0.3) is 0 Å². The monoisotopic (exact) mass is 334 g/mol. The molecule has 1 aromatic heterocycles. The van der Waals surface area contributed by atoms with Crippen LogP contribution in [0.15, 0.2) is 24.3 Å². The Balaban J connectivity index is 2.54. The molecule has 2 unspecified atom stereocenters. The van der Waals surface area contributed by atoms with E-state index in [0.29, 0.717) is 0 Å². The number of aromatic nitrogens is 2. The summed E-state index contributed by atoms with van der Waals surface area (Å²) in [6.07, 6.45) is 3.80. The van der Waals surface area contributed by atoms with Crippen molar-refractivity contribution < 1.29 is 0 Å². The Labute approximate surface area is 137 Å². The average molecular weight is 334 g/mol. The van der Waals surface area contributed by atoms with Gasteiger partial charge in [-0.15, -0.1) is 0 Å². The van der Waals surface area contributed by atoms with Crippen LogP contribution in [0.5, 0.6) is 0 Å². The van der Waals surface area contributed by atoms with Crippen molar-refractivity contribution in [2.45, 2.75) is 45.7 Å². The van der Waals surface area contributed by atoms with Crippen molar-refractivity contribution in [1.29, 1.82) is 0 Å². The summed E-state index contributed by atoms with van der Waals surface area (Å²) in [5, 5.41) is 0.266. The van der Waals surface area contributed by atoms with Gasteiger partial charge < -0.3 is 0 Å². The van der Waals surface area contributed by atoms with E-state index in [1.165, 1.54) is 29.9 Å². The van der Waals surface area contributed by atoms with Gasteiger partial charge in [-0.1, -0.05) is 62.1 Å². The minimum atomic E-state index is -0.316. The quantitative estimate of drug-likeness (QED) is 0.741. The molecule has 0 fully saturated rings. The molecule has 0 aliphatic heterocycles. The van der Waals surface area contributed by atoms with Gasteiger partial charge in [0, 0.05) is 0 Å². The first kappa shape index (κ1) is 17.8. The predicted octanol–water partition coefficient (Wildman–Crippen LogP) is 4.70. The van der Waals surface area contributed by atoms with Gasteiger partial charge in [-0.3, -0.25) is 0 Å². The molecule has 0 saturated carbocycles. The fourth-order valence-corrected chi connectivity index (χ4v) is 6.16. The topological polar surface area (TPSA) is 25.8 Å². The van der Waals surface area contributed by atoms with Crippen molar-refractivity contribution in [3.8, 4) is 0 Å². The highest BCUT2D eigenvalue weighted by atomic mass is 31.1. The Morgan fingerprint density at radius 1 is 0.955 bits per heavy atom. The lowest BCUT2D eigenvalue weighted by molar-refractivity contribution is 0.790. The van der Waals surface area contributed by atoms with Gasteiger partial charge in [-0.05, 0) is 43.2 Å². The van der Waals surface area contributed by atoms with Crippen molar-refractivity contribution >= 4 is 37.7 Å². The second-order valence-corrected chi connectivity index (χ2v) is 12.0. The van der Waals surface area contributed by atoms with E-state index in [9.17, 15) is 0 Å². The van der Waals surface area contributed by atoms with Crippen molar-refractivity contribution in [1.82, 2.24) is 9.97 Å². The van der Waals surface area contributed by atoms with Crippen molar-refractivity contribution in [3.05, 3.63) is 24.3 Å². The average Bonchev–Trinajstić information content (AvgIpc) is 2.49. The maximum absolute atomic E-state index is 5.05. The molecule has 0 amide bonds. The largest absolute Gasteiger partial charge is 0.244 e. The third-order valence-electron chi connectivity index (χ3n) is 4.07. The predicted molar refractivity (Wildman–Crippen MR) is 104 cm³/mol. The molecule has 0 N–H and O–H groups in total. The van der Waals surface area contributed by atoms with Crippen LogP contribution in [0.4, 0.5) is 0 Å². The normalized spacial score (nSPS) is 15.0. The van der Waals surface area contributed by atoms with E-state index in [1.54, 1.807) is 0 Å². The van der Waals surface area contributed by atoms with Gasteiger partial charge in [-0.25, -0.2) is 9.97 Å². The Morgan fingerprint density at radius 3 is 2.00 bits per heavy atom. The number of benzene rings is 1. The van der Waals surface area contributed by atoms with E-state index in [0.717, 1.165) is 11.0 Å². The van der Waals surface area contributed by atoms with Crippen LogP contribution in [0.2, 0.25) is 0 Å². The Morgan fingerprint density at radius 2 is 1.50 bits per heavy atom. The molecule has 2 atom stereocenters. The van der Waals surface area contributed by atoms with Crippen LogP contribution < -0.4 is 10.9 Å². The highest BCUT2D eigenvalue weighted by Crippen LogP contribution is 2.45. The molecule has 2 nitrogen and oxygen atoms in total. The summed E-state index contributed by atoms with van der Waals surface area (Å²) in [4.78, 5) is 10.1. The fourth-order valence-electron chi connectivity index (χ4n) is 2.28. The van der Waals surface area contributed by atoms with Gasteiger partial charge in [0.2, 0.25) is 0 Å². The molecule has 0 saturated heterocycles. The SMILES string of the molecule is CCCCP(C)c1nc2ccccc2nc1P(C)C(C)(C)C.